The average Bonchev–Trinajstić information content (AvgIpc) is 2.47. The average molecular weight is 209 g/mol. The van der Waals surface area contributed by atoms with Gasteiger partial charge in [0.15, 0.2) is 0 Å². The smallest absolute Gasteiger partial charge is 0.306 e. The lowest BCUT2D eigenvalue weighted by Gasteiger charge is -2.36. The van der Waals surface area contributed by atoms with Gasteiger partial charge in [-0.3, -0.25) is 9.59 Å². The molecule has 82 valence electrons. The van der Waals surface area contributed by atoms with Crippen LogP contribution in [0.4, 0.5) is 0 Å². The van der Waals surface area contributed by atoms with Crippen molar-refractivity contribution in [1.82, 2.24) is 4.90 Å². The fourth-order valence-corrected chi connectivity index (χ4v) is 2.84. The molecule has 0 aromatic heterocycles. The Bertz CT molecular complexity index is 299. The number of hydrogen-bond acceptors (Lipinski definition) is 2. The quantitative estimate of drug-likeness (QED) is 0.691. The molecule has 2 atom stereocenters. The van der Waals surface area contributed by atoms with Crippen LogP contribution >= 0.6 is 0 Å². The highest BCUT2D eigenvalue weighted by Crippen LogP contribution is 2.38. The zero-order valence-electron chi connectivity index (χ0n) is 8.56. The Kier molecular flexibility index (Phi) is 2.50. The van der Waals surface area contributed by atoms with Crippen molar-refractivity contribution in [3.63, 3.8) is 0 Å². The van der Waals surface area contributed by atoms with E-state index in [0.717, 1.165) is 12.8 Å². The molecule has 15 heavy (non-hydrogen) atoms. The summed E-state index contributed by atoms with van der Waals surface area (Å²) in [5.74, 6) is -1.04. The number of fused-ring (bicyclic) bond motifs is 2. The minimum Gasteiger partial charge on any atom is -0.481 e. The summed E-state index contributed by atoms with van der Waals surface area (Å²) in [5, 5.41) is 8.96. The third kappa shape index (κ3) is 1.64. The number of amides is 1. The van der Waals surface area contributed by atoms with Crippen LogP contribution in [0.3, 0.4) is 0 Å². The number of piperidine rings is 1. The number of carbonyl (C=O) groups is 2. The van der Waals surface area contributed by atoms with E-state index in [1.54, 1.807) is 0 Å². The molecule has 2 aliphatic rings. The van der Waals surface area contributed by atoms with Crippen molar-refractivity contribution >= 4 is 11.9 Å². The number of carboxylic acids is 1. The minimum absolute atomic E-state index is 0.0497. The van der Waals surface area contributed by atoms with Crippen molar-refractivity contribution in [3.8, 4) is 0 Å². The molecule has 4 nitrogen and oxygen atoms in total. The molecular weight excluding hydrogens is 194 g/mol. The van der Waals surface area contributed by atoms with Gasteiger partial charge < -0.3 is 10.0 Å². The van der Waals surface area contributed by atoms with Crippen molar-refractivity contribution < 1.29 is 14.7 Å². The van der Waals surface area contributed by atoms with E-state index in [4.69, 9.17) is 5.11 Å². The zero-order chi connectivity index (χ0) is 11.0. The maximum atomic E-state index is 11.6. The lowest BCUT2D eigenvalue weighted by molar-refractivity contribution is -0.147. The fraction of sp³-hybridized carbons (Fsp3) is 0.636. The molecule has 0 aromatic carbocycles. The number of rotatable bonds is 2. The van der Waals surface area contributed by atoms with Crippen LogP contribution in [0.2, 0.25) is 0 Å². The number of carboxylic acid groups (broad SMARTS) is 1. The van der Waals surface area contributed by atoms with Gasteiger partial charge in [0.2, 0.25) is 5.91 Å². The summed E-state index contributed by atoms with van der Waals surface area (Å²) in [4.78, 5) is 24.3. The summed E-state index contributed by atoms with van der Waals surface area (Å²) in [6.45, 7) is 3.48. The van der Waals surface area contributed by atoms with E-state index in [0.29, 0.717) is 12.8 Å². The van der Waals surface area contributed by atoms with Crippen molar-refractivity contribution in [1.29, 1.82) is 0 Å². The highest BCUT2D eigenvalue weighted by Gasteiger charge is 2.44. The molecule has 1 amide bonds. The molecule has 2 bridgehead atoms. The fourth-order valence-electron chi connectivity index (χ4n) is 2.84. The van der Waals surface area contributed by atoms with Gasteiger partial charge in [-0.05, 0) is 31.8 Å². The second kappa shape index (κ2) is 3.68. The van der Waals surface area contributed by atoms with E-state index < -0.39 is 5.97 Å². The van der Waals surface area contributed by atoms with Gasteiger partial charge in [0.1, 0.15) is 0 Å². The molecule has 2 saturated heterocycles. The molecule has 0 radical (unpaired) electrons. The molecule has 2 fully saturated rings. The molecule has 2 unspecified atom stereocenters. The Labute approximate surface area is 88.6 Å². The van der Waals surface area contributed by atoms with Gasteiger partial charge in [-0.1, -0.05) is 6.58 Å². The van der Waals surface area contributed by atoms with E-state index in [1.165, 1.54) is 6.08 Å². The van der Waals surface area contributed by atoms with Gasteiger partial charge >= 0.3 is 5.97 Å². The van der Waals surface area contributed by atoms with E-state index in [1.807, 2.05) is 4.90 Å². The molecule has 0 aromatic rings. The molecule has 4 heteroatoms. The van der Waals surface area contributed by atoms with Gasteiger partial charge in [0.25, 0.3) is 0 Å². The molecule has 2 heterocycles. The predicted octanol–water partition coefficient (Wildman–Crippen LogP) is 1.03. The van der Waals surface area contributed by atoms with Gasteiger partial charge in [-0.15, -0.1) is 0 Å². The van der Waals surface area contributed by atoms with Crippen LogP contribution in [-0.2, 0) is 9.59 Å². The zero-order valence-corrected chi connectivity index (χ0v) is 8.56. The Morgan fingerprint density at radius 3 is 2.20 bits per heavy atom. The normalized spacial score (nSPS) is 33.9. The van der Waals surface area contributed by atoms with Crippen molar-refractivity contribution in [2.24, 2.45) is 5.92 Å². The Morgan fingerprint density at radius 2 is 1.80 bits per heavy atom. The van der Waals surface area contributed by atoms with Crippen LogP contribution in [0.1, 0.15) is 25.7 Å². The van der Waals surface area contributed by atoms with Crippen LogP contribution < -0.4 is 0 Å². The highest BCUT2D eigenvalue weighted by molar-refractivity contribution is 5.88. The molecule has 2 rings (SSSR count). The molecule has 0 aliphatic carbocycles. The molecule has 0 spiro atoms. The van der Waals surface area contributed by atoms with Gasteiger partial charge in [0.05, 0.1) is 5.92 Å². The summed E-state index contributed by atoms with van der Waals surface area (Å²) < 4.78 is 0. The number of nitrogens with zero attached hydrogens (tertiary/aromatic N) is 1. The third-order valence-electron chi connectivity index (χ3n) is 3.51. The van der Waals surface area contributed by atoms with Crippen LogP contribution in [0, 0.1) is 5.92 Å². The monoisotopic (exact) mass is 209 g/mol. The highest BCUT2D eigenvalue weighted by atomic mass is 16.4. The first-order valence-corrected chi connectivity index (χ1v) is 5.31. The minimum atomic E-state index is -0.724. The van der Waals surface area contributed by atoms with Crippen LogP contribution in [0.25, 0.3) is 0 Å². The molecular formula is C11H15NO3. The topological polar surface area (TPSA) is 57.6 Å². The third-order valence-corrected chi connectivity index (χ3v) is 3.51. The molecule has 2 aliphatic heterocycles. The largest absolute Gasteiger partial charge is 0.481 e. The van der Waals surface area contributed by atoms with Crippen molar-refractivity contribution in [2.45, 2.75) is 37.8 Å². The van der Waals surface area contributed by atoms with E-state index >= 15 is 0 Å². The lowest BCUT2D eigenvalue weighted by Crippen LogP contribution is -2.47. The molecule has 1 N–H and O–H groups in total. The number of aliphatic carboxylic acids is 1. The summed E-state index contributed by atoms with van der Waals surface area (Å²) >= 11 is 0. The van der Waals surface area contributed by atoms with Crippen molar-refractivity contribution in [3.05, 3.63) is 12.7 Å². The first-order valence-electron chi connectivity index (χ1n) is 5.31. The number of hydrogen-bond donors (Lipinski definition) is 1. The van der Waals surface area contributed by atoms with E-state index in [-0.39, 0.29) is 23.9 Å². The maximum Gasteiger partial charge on any atom is 0.306 e. The van der Waals surface area contributed by atoms with E-state index in [9.17, 15) is 9.59 Å². The second-order valence-electron chi connectivity index (χ2n) is 4.34. The standard InChI is InChI=1S/C11H15NO3/c1-2-10(13)12-8-3-4-9(12)6-7(5-8)11(14)15/h2,7-9H,1,3-6H2,(H,14,15). The number of carbonyl (C=O) groups excluding carboxylic acids is 1. The van der Waals surface area contributed by atoms with Gasteiger partial charge in [0, 0.05) is 12.1 Å². The Hall–Kier alpha value is -1.32. The predicted molar refractivity (Wildman–Crippen MR) is 54.2 cm³/mol. The summed E-state index contributed by atoms with van der Waals surface area (Å²) in [6.07, 6.45) is 4.41. The van der Waals surface area contributed by atoms with Gasteiger partial charge in [-0.25, -0.2) is 0 Å². The SMILES string of the molecule is C=CC(=O)N1C2CCC1CC(C(=O)O)C2. The first kappa shape index (κ1) is 10.2. The summed E-state index contributed by atoms with van der Waals surface area (Å²) in [6, 6.07) is 0.241. The van der Waals surface area contributed by atoms with Gasteiger partial charge in [-0.2, -0.15) is 0 Å². The van der Waals surface area contributed by atoms with Crippen LogP contribution in [0.15, 0.2) is 12.7 Å². The summed E-state index contributed by atoms with van der Waals surface area (Å²) in [7, 11) is 0. The first-order chi connectivity index (χ1) is 7.13. The van der Waals surface area contributed by atoms with Crippen LogP contribution in [0.5, 0.6) is 0 Å². The molecule has 0 saturated carbocycles. The summed E-state index contributed by atoms with van der Waals surface area (Å²) in [5.41, 5.74) is 0. The second-order valence-corrected chi connectivity index (χ2v) is 4.34. The maximum absolute atomic E-state index is 11.6. The Morgan fingerprint density at radius 1 is 1.27 bits per heavy atom. The Balaban J connectivity index is 2.13. The van der Waals surface area contributed by atoms with Crippen molar-refractivity contribution in [2.75, 3.05) is 0 Å². The van der Waals surface area contributed by atoms with E-state index in [2.05, 4.69) is 6.58 Å². The van der Waals surface area contributed by atoms with Crippen LogP contribution in [-0.4, -0.2) is 34.0 Å². The lowest BCUT2D eigenvalue weighted by atomic mass is 9.91.